The highest BCUT2D eigenvalue weighted by Gasteiger charge is 2.39. The van der Waals surface area contributed by atoms with Crippen molar-refractivity contribution in [1.29, 1.82) is 0 Å². The van der Waals surface area contributed by atoms with Gasteiger partial charge in [0.05, 0.1) is 16.9 Å². The molecule has 0 unspecified atom stereocenters. The molecule has 1 saturated carbocycles. The monoisotopic (exact) mass is 560 g/mol. The van der Waals surface area contributed by atoms with Crippen molar-refractivity contribution in [1.82, 2.24) is 19.7 Å². The molecule has 0 atom stereocenters. The number of hydrogen-bond acceptors (Lipinski definition) is 7. The molecule has 3 aromatic heterocycles. The molecular formula is C30H40N6O3Si. The van der Waals surface area contributed by atoms with E-state index in [2.05, 4.69) is 59.6 Å². The summed E-state index contributed by atoms with van der Waals surface area (Å²) < 4.78 is 14.1. The number of aromatic nitrogens is 4. The molecule has 40 heavy (non-hydrogen) atoms. The van der Waals surface area contributed by atoms with E-state index in [1.807, 2.05) is 44.4 Å². The van der Waals surface area contributed by atoms with Gasteiger partial charge in [0.2, 0.25) is 5.89 Å². The second kappa shape index (κ2) is 10.8. The van der Waals surface area contributed by atoms with Gasteiger partial charge in [-0.3, -0.25) is 14.5 Å². The number of amides is 1. The Balaban J connectivity index is 1.31. The summed E-state index contributed by atoms with van der Waals surface area (Å²) in [6, 6.07) is 7.94. The molecule has 1 aliphatic carbocycles. The van der Waals surface area contributed by atoms with E-state index >= 15 is 0 Å². The largest absolute Gasteiger partial charge is 0.444 e. The smallest absolute Gasteiger partial charge is 0.277 e. The first-order valence-corrected chi connectivity index (χ1v) is 16.9. The van der Waals surface area contributed by atoms with Crippen molar-refractivity contribution in [2.24, 2.45) is 7.05 Å². The maximum absolute atomic E-state index is 13.3. The normalized spacial score (nSPS) is 18.2. The highest BCUT2D eigenvalue weighted by Crippen LogP contribution is 2.39. The minimum absolute atomic E-state index is 0.204. The van der Waals surface area contributed by atoms with E-state index < -0.39 is 8.32 Å². The fourth-order valence-electron chi connectivity index (χ4n) is 4.93. The minimum atomic E-state index is -1.79. The van der Waals surface area contributed by atoms with E-state index in [-0.39, 0.29) is 22.7 Å². The van der Waals surface area contributed by atoms with Gasteiger partial charge in [-0.1, -0.05) is 20.8 Å². The molecule has 4 aromatic rings. The zero-order valence-electron chi connectivity index (χ0n) is 24.5. The Hall–Kier alpha value is -3.50. The summed E-state index contributed by atoms with van der Waals surface area (Å²) in [7, 11) is 0.101. The Morgan fingerprint density at radius 1 is 1.12 bits per heavy atom. The third kappa shape index (κ3) is 6.12. The summed E-state index contributed by atoms with van der Waals surface area (Å²) in [5, 5.41) is 12.5. The Labute approximate surface area is 236 Å². The van der Waals surface area contributed by atoms with Gasteiger partial charge in [0.15, 0.2) is 14.0 Å². The molecule has 1 aliphatic rings. The van der Waals surface area contributed by atoms with Crippen molar-refractivity contribution in [3.05, 3.63) is 54.3 Å². The maximum atomic E-state index is 13.3. The van der Waals surface area contributed by atoms with E-state index in [4.69, 9.17) is 8.84 Å². The third-order valence-corrected chi connectivity index (χ3v) is 12.7. The van der Waals surface area contributed by atoms with E-state index in [1.54, 1.807) is 10.9 Å². The molecule has 2 N–H and O–H groups in total. The summed E-state index contributed by atoms with van der Waals surface area (Å²) in [4.78, 5) is 21.9. The zero-order valence-corrected chi connectivity index (χ0v) is 25.5. The number of aryl methyl sites for hydroxylation is 2. The Bertz CT molecular complexity index is 1510. The van der Waals surface area contributed by atoms with Gasteiger partial charge in [0.25, 0.3) is 5.91 Å². The van der Waals surface area contributed by atoms with Crippen molar-refractivity contribution in [3.8, 4) is 11.5 Å². The van der Waals surface area contributed by atoms with Gasteiger partial charge in [-0.25, -0.2) is 4.98 Å². The highest BCUT2D eigenvalue weighted by atomic mass is 28.4. The number of benzene rings is 1. The van der Waals surface area contributed by atoms with E-state index in [0.29, 0.717) is 17.7 Å². The molecule has 0 radical (unpaired) electrons. The number of carbonyl (C=O) groups is 1. The van der Waals surface area contributed by atoms with Gasteiger partial charge in [-0.05, 0) is 75.0 Å². The van der Waals surface area contributed by atoms with E-state index in [0.717, 1.165) is 53.5 Å². The van der Waals surface area contributed by atoms with Crippen molar-refractivity contribution in [2.45, 2.75) is 83.7 Å². The van der Waals surface area contributed by atoms with Crippen LogP contribution in [-0.2, 0) is 11.5 Å². The van der Waals surface area contributed by atoms with E-state index in [1.165, 1.54) is 6.26 Å². The highest BCUT2D eigenvalue weighted by molar-refractivity contribution is 6.74. The topological polar surface area (TPSA) is 107 Å². The average Bonchev–Trinajstić information content (AvgIpc) is 3.51. The van der Waals surface area contributed by atoms with E-state index in [9.17, 15) is 4.79 Å². The van der Waals surface area contributed by atoms with Crippen LogP contribution in [0, 0.1) is 6.92 Å². The van der Waals surface area contributed by atoms with Crippen molar-refractivity contribution < 1.29 is 13.6 Å². The standard InChI is InChI=1S/C30H40N6O3Si/c1-19-14-20(12-13-31-19)29-34-27(18-38-29)28(37)33-25-15-21-17-36(5)35-24(21)16-26(25)32-22-8-10-23(11-9-22)39-40(6,7)30(2,3)4/h12-18,22-23,32H,8-11H2,1-7H3,(H,33,37)/t22-,23-. The lowest BCUT2D eigenvalue weighted by Gasteiger charge is -2.41. The molecule has 0 saturated heterocycles. The van der Waals surface area contributed by atoms with Crippen LogP contribution in [0.1, 0.15) is 62.6 Å². The quantitative estimate of drug-likeness (QED) is 0.236. The lowest BCUT2D eigenvalue weighted by Crippen LogP contribution is -2.45. The molecule has 3 heterocycles. The van der Waals surface area contributed by atoms with Gasteiger partial charge in [0.1, 0.15) is 6.26 Å². The lowest BCUT2D eigenvalue weighted by atomic mass is 9.93. The molecule has 212 valence electrons. The van der Waals surface area contributed by atoms with Crippen LogP contribution in [0.15, 0.2) is 47.3 Å². The van der Waals surface area contributed by atoms with Crippen LogP contribution in [0.25, 0.3) is 22.4 Å². The third-order valence-electron chi connectivity index (χ3n) is 8.19. The van der Waals surface area contributed by atoms with Gasteiger partial charge in [-0.2, -0.15) is 5.10 Å². The molecule has 1 fully saturated rings. The van der Waals surface area contributed by atoms with Gasteiger partial charge in [0, 0.05) is 48.2 Å². The second-order valence-electron chi connectivity index (χ2n) is 12.4. The number of pyridine rings is 1. The number of carbonyl (C=O) groups excluding carboxylic acids is 1. The first-order valence-electron chi connectivity index (χ1n) is 14.0. The Morgan fingerprint density at radius 2 is 1.88 bits per heavy atom. The molecule has 0 spiro atoms. The number of oxazole rings is 1. The molecule has 0 aliphatic heterocycles. The SMILES string of the molecule is Cc1cc(-c2nc(C(=O)Nc3cc4cn(C)nc4cc3N[C@H]3CC[C@H](O[Si](C)(C)C(C)(C)C)CC3)co2)ccn1. The van der Waals surface area contributed by atoms with Crippen molar-refractivity contribution in [3.63, 3.8) is 0 Å². The molecular weight excluding hydrogens is 520 g/mol. The fraction of sp³-hybridized carbons (Fsp3) is 0.467. The molecule has 9 nitrogen and oxygen atoms in total. The summed E-state index contributed by atoms with van der Waals surface area (Å²) in [5.74, 6) is 0.0481. The number of nitrogens with zero attached hydrogens (tertiary/aromatic N) is 4. The number of fused-ring (bicyclic) bond motifs is 1. The number of nitrogens with one attached hydrogen (secondary N) is 2. The first kappa shape index (κ1) is 28.0. The maximum Gasteiger partial charge on any atom is 0.277 e. The van der Waals surface area contributed by atoms with Crippen molar-refractivity contribution in [2.75, 3.05) is 10.6 Å². The minimum Gasteiger partial charge on any atom is -0.444 e. The van der Waals surface area contributed by atoms with Crippen LogP contribution in [0.4, 0.5) is 11.4 Å². The fourth-order valence-corrected chi connectivity index (χ4v) is 6.35. The summed E-state index contributed by atoms with van der Waals surface area (Å²) in [6.45, 7) is 13.4. The zero-order chi connectivity index (χ0) is 28.7. The molecule has 0 bridgehead atoms. The Kier molecular flexibility index (Phi) is 7.58. The van der Waals surface area contributed by atoms with Crippen LogP contribution in [-0.4, -0.2) is 46.1 Å². The molecule has 1 aromatic carbocycles. The Morgan fingerprint density at radius 3 is 2.58 bits per heavy atom. The van der Waals surface area contributed by atoms with Crippen LogP contribution < -0.4 is 10.6 Å². The lowest BCUT2D eigenvalue weighted by molar-refractivity contribution is 0.102. The predicted molar refractivity (Wildman–Crippen MR) is 161 cm³/mol. The predicted octanol–water partition coefficient (Wildman–Crippen LogP) is 6.93. The summed E-state index contributed by atoms with van der Waals surface area (Å²) in [5.41, 5.74) is 4.25. The first-order chi connectivity index (χ1) is 18.9. The average molecular weight is 561 g/mol. The van der Waals surface area contributed by atoms with Crippen molar-refractivity contribution >= 4 is 36.5 Å². The van der Waals surface area contributed by atoms with Gasteiger partial charge in [-0.15, -0.1) is 0 Å². The molecule has 5 rings (SSSR count). The van der Waals surface area contributed by atoms with Crippen LogP contribution in [0.2, 0.25) is 18.1 Å². The summed E-state index contributed by atoms with van der Waals surface area (Å²) >= 11 is 0. The van der Waals surface area contributed by atoms with Crippen LogP contribution in [0.5, 0.6) is 0 Å². The molecule has 1 amide bonds. The molecule has 10 heteroatoms. The number of hydrogen-bond donors (Lipinski definition) is 2. The van der Waals surface area contributed by atoms with Crippen LogP contribution in [0.3, 0.4) is 0 Å². The van der Waals surface area contributed by atoms with Gasteiger partial charge < -0.3 is 19.5 Å². The number of rotatable bonds is 7. The number of anilines is 2. The van der Waals surface area contributed by atoms with Crippen LogP contribution >= 0.6 is 0 Å². The van der Waals surface area contributed by atoms with Gasteiger partial charge >= 0.3 is 0 Å². The second-order valence-corrected chi connectivity index (χ2v) is 17.2. The summed E-state index contributed by atoms with van der Waals surface area (Å²) in [6.07, 6.45) is 9.39.